The molecule has 0 atom stereocenters. The predicted octanol–water partition coefficient (Wildman–Crippen LogP) is 4.35. The van der Waals surface area contributed by atoms with Gasteiger partial charge in [-0.1, -0.05) is 46.8 Å². The smallest absolute Gasteiger partial charge is 0.226 e. The van der Waals surface area contributed by atoms with Gasteiger partial charge in [-0.15, -0.1) is 0 Å². The summed E-state index contributed by atoms with van der Waals surface area (Å²) >= 11 is 9.48. The molecule has 0 aromatic heterocycles. The number of carbonyl (C=O) groups is 1. The van der Waals surface area contributed by atoms with Gasteiger partial charge < -0.3 is 10.6 Å². The zero-order valence-electron chi connectivity index (χ0n) is 11.6. The number of anilines is 1. The van der Waals surface area contributed by atoms with Gasteiger partial charge >= 0.3 is 0 Å². The lowest BCUT2D eigenvalue weighted by Gasteiger charge is -2.36. The van der Waals surface area contributed by atoms with E-state index in [2.05, 4.69) is 26.6 Å². The molecule has 0 spiro atoms. The maximum absolute atomic E-state index is 12.3. The molecule has 5 heteroatoms. The summed E-state index contributed by atoms with van der Waals surface area (Å²) in [4.78, 5) is 12.3. The van der Waals surface area contributed by atoms with Crippen LogP contribution in [0.25, 0.3) is 0 Å². The highest BCUT2D eigenvalue weighted by atomic mass is 79.9. The van der Waals surface area contributed by atoms with Gasteiger partial charge in [0.15, 0.2) is 0 Å². The van der Waals surface area contributed by atoms with Gasteiger partial charge in [-0.25, -0.2) is 0 Å². The molecule has 2 rings (SSSR count). The molecule has 0 heterocycles. The largest absolute Gasteiger partial charge is 0.325 e. The average Bonchev–Trinajstić information content (AvgIpc) is 2.43. The zero-order chi connectivity index (χ0) is 14.6. The van der Waals surface area contributed by atoms with Crippen LogP contribution in [0, 0.1) is 0 Å². The van der Waals surface area contributed by atoms with Crippen molar-refractivity contribution in [2.24, 2.45) is 0 Å². The normalized spacial score (nSPS) is 17.8. The Morgan fingerprint density at radius 2 is 2.05 bits per heavy atom. The van der Waals surface area contributed by atoms with E-state index < -0.39 is 0 Å². The van der Waals surface area contributed by atoms with Crippen molar-refractivity contribution >= 4 is 39.1 Å². The molecule has 2 N–H and O–H groups in total. The lowest BCUT2D eigenvalue weighted by Crippen LogP contribution is -2.47. The second-order valence-electron chi connectivity index (χ2n) is 5.44. The monoisotopic (exact) mass is 358 g/mol. The summed E-state index contributed by atoms with van der Waals surface area (Å²) in [6.07, 6.45) is 6.26. The first-order valence-electron chi connectivity index (χ1n) is 6.98. The molecule has 1 amide bonds. The molecule has 1 aliphatic carbocycles. The van der Waals surface area contributed by atoms with Crippen molar-refractivity contribution in [1.29, 1.82) is 0 Å². The van der Waals surface area contributed by atoms with Crippen LogP contribution in [0.15, 0.2) is 22.7 Å². The van der Waals surface area contributed by atoms with E-state index in [1.807, 2.05) is 19.2 Å². The summed E-state index contributed by atoms with van der Waals surface area (Å²) in [5.41, 5.74) is 0.617. The van der Waals surface area contributed by atoms with Gasteiger partial charge in [-0.2, -0.15) is 0 Å². The van der Waals surface area contributed by atoms with E-state index >= 15 is 0 Å². The van der Waals surface area contributed by atoms with Crippen LogP contribution in [-0.2, 0) is 4.79 Å². The molecule has 3 nitrogen and oxygen atoms in total. The van der Waals surface area contributed by atoms with Gasteiger partial charge in [-0.3, -0.25) is 4.79 Å². The van der Waals surface area contributed by atoms with E-state index in [1.54, 1.807) is 6.07 Å². The van der Waals surface area contributed by atoms with Crippen molar-refractivity contribution in [2.75, 3.05) is 12.4 Å². The number of hydrogen-bond acceptors (Lipinski definition) is 2. The van der Waals surface area contributed by atoms with Gasteiger partial charge in [0.2, 0.25) is 5.91 Å². The average molecular weight is 360 g/mol. The lowest BCUT2D eigenvalue weighted by molar-refractivity contribution is -0.117. The molecule has 1 aromatic rings. The highest BCUT2D eigenvalue weighted by Gasteiger charge is 2.32. The van der Waals surface area contributed by atoms with Crippen LogP contribution in [0.4, 0.5) is 5.69 Å². The van der Waals surface area contributed by atoms with Crippen molar-refractivity contribution in [3.8, 4) is 0 Å². The molecule has 20 heavy (non-hydrogen) atoms. The minimum Gasteiger partial charge on any atom is -0.325 e. The quantitative estimate of drug-likeness (QED) is 0.839. The first-order chi connectivity index (χ1) is 9.54. The van der Waals surface area contributed by atoms with E-state index in [0.717, 1.165) is 17.3 Å². The van der Waals surface area contributed by atoms with Crippen LogP contribution in [0.3, 0.4) is 0 Å². The van der Waals surface area contributed by atoms with Crippen molar-refractivity contribution in [1.82, 2.24) is 5.32 Å². The van der Waals surface area contributed by atoms with Crippen molar-refractivity contribution in [3.63, 3.8) is 0 Å². The fraction of sp³-hybridized carbons (Fsp3) is 0.533. The first-order valence-corrected chi connectivity index (χ1v) is 8.16. The Morgan fingerprint density at radius 1 is 1.35 bits per heavy atom. The SMILES string of the molecule is CNC1(CC(=O)Nc2ccc(Br)cc2Cl)CCCCC1. The summed E-state index contributed by atoms with van der Waals surface area (Å²) in [6.45, 7) is 0. The van der Waals surface area contributed by atoms with Crippen molar-refractivity contribution in [2.45, 2.75) is 44.1 Å². The summed E-state index contributed by atoms with van der Waals surface area (Å²) < 4.78 is 0.902. The van der Waals surface area contributed by atoms with Crippen LogP contribution >= 0.6 is 27.5 Å². The maximum Gasteiger partial charge on any atom is 0.226 e. The predicted molar refractivity (Wildman–Crippen MR) is 87.3 cm³/mol. The Balaban J connectivity index is 2.00. The number of rotatable bonds is 4. The Morgan fingerprint density at radius 3 is 2.65 bits per heavy atom. The van der Waals surface area contributed by atoms with E-state index in [-0.39, 0.29) is 11.4 Å². The number of hydrogen-bond donors (Lipinski definition) is 2. The van der Waals surface area contributed by atoms with Crippen LogP contribution in [0.1, 0.15) is 38.5 Å². The second-order valence-corrected chi connectivity index (χ2v) is 6.76. The summed E-state index contributed by atoms with van der Waals surface area (Å²) in [6, 6.07) is 5.47. The fourth-order valence-electron chi connectivity index (χ4n) is 2.84. The van der Waals surface area contributed by atoms with Gasteiger partial charge in [0, 0.05) is 16.4 Å². The third kappa shape index (κ3) is 3.96. The van der Waals surface area contributed by atoms with Gasteiger partial charge in [0.05, 0.1) is 10.7 Å². The van der Waals surface area contributed by atoms with Crippen LogP contribution in [0.2, 0.25) is 5.02 Å². The number of amides is 1. The van der Waals surface area contributed by atoms with Crippen LogP contribution < -0.4 is 10.6 Å². The molecular formula is C15H20BrClN2O. The summed E-state index contributed by atoms with van der Waals surface area (Å²) in [5, 5.41) is 6.82. The summed E-state index contributed by atoms with van der Waals surface area (Å²) in [5.74, 6) is 0.0190. The third-order valence-electron chi connectivity index (χ3n) is 4.05. The number of benzene rings is 1. The van der Waals surface area contributed by atoms with Crippen molar-refractivity contribution < 1.29 is 4.79 Å². The second kappa shape index (κ2) is 6.92. The first kappa shape index (κ1) is 15.8. The number of nitrogens with one attached hydrogen (secondary N) is 2. The molecular weight excluding hydrogens is 340 g/mol. The highest BCUT2D eigenvalue weighted by Crippen LogP contribution is 2.32. The van der Waals surface area contributed by atoms with E-state index in [1.165, 1.54) is 19.3 Å². The third-order valence-corrected chi connectivity index (χ3v) is 4.85. The molecule has 1 aromatic carbocycles. The molecule has 1 saturated carbocycles. The lowest BCUT2D eigenvalue weighted by atomic mass is 9.79. The Kier molecular flexibility index (Phi) is 5.47. The zero-order valence-corrected chi connectivity index (χ0v) is 14.0. The van der Waals surface area contributed by atoms with Gasteiger partial charge in [-0.05, 0) is 38.1 Å². The van der Waals surface area contributed by atoms with E-state index in [0.29, 0.717) is 17.1 Å². The molecule has 0 aliphatic heterocycles. The van der Waals surface area contributed by atoms with E-state index in [4.69, 9.17) is 11.6 Å². The summed E-state index contributed by atoms with van der Waals surface area (Å²) in [7, 11) is 1.95. The fourth-order valence-corrected chi connectivity index (χ4v) is 3.56. The minimum atomic E-state index is -0.0514. The number of carbonyl (C=O) groups excluding carboxylic acids is 1. The minimum absolute atomic E-state index is 0.0190. The van der Waals surface area contributed by atoms with E-state index in [9.17, 15) is 4.79 Å². The van der Waals surface area contributed by atoms with Gasteiger partial charge in [0.25, 0.3) is 0 Å². The molecule has 0 radical (unpaired) electrons. The Labute approximate surface area is 133 Å². The Bertz CT molecular complexity index is 487. The maximum atomic E-state index is 12.3. The molecule has 1 fully saturated rings. The molecule has 0 unspecified atom stereocenters. The highest BCUT2D eigenvalue weighted by molar-refractivity contribution is 9.10. The topological polar surface area (TPSA) is 41.1 Å². The van der Waals surface area contributed by atoms with Crippen molar-refractivity contribution in [3.05, 3.63) is 27.7 Å². The molecule has 1 aliphatic rings. The molecule has 0 saturated heterocycles. The van der Waals surface area contributed by atoms with Gasteiger partial charge in [0.1, 0.15) is 0 Å². The standard InChI is InChI=1S/C15H20BrClN2O/c1-18-15(7-3-2-4-8-15)10-14(20)19-13-6-5-11(16)9-12(13)17/h5-6,9,18H,2-4,7-8,10H2,1H3,(H,19,20). The van der Waals surface area contributed by atoms with Crippen LogP contribution in [-0.4, -0.2) is 18.5 Å². The number of halogens is 2. The molecule has 110 valence electrons. The Hall–Kier alpha value is -0.580. The van der Waals surface area contributed by atoms with Crippen LogP contribution in [0.5, 0.6) is 0 Å². The molecule has 0 bridgehead atoms.